The quantitative estimate of drug-likeness (QED) is 0.831. The maximum atomic E-state index is 12.0. The second-order valence-electron chi connectivity index (χ2n) is 4.98. The maximum Gasteiger partial charge on any atom is 0.326 e. The molecule has 20 heavy (non-hydrogen) atoms. The number of carbonyl (C=O) groups excluding carboxylic acids is 2. The number of carbonyl (C=O) groups is 3. The van der Waals surface area contributed by atoms with Crippen molar-refractivity contribution in [2.24, 2.45) is 0 Å². The van der Waals surface area contributed by atoms with Gasteiger partial charge in [-0.15, -0.1) is 0 Å². The number of Topliss-reactive ketones (excluding diaryl/α,β-unsaturated/α-hetero) is 1. The summed E-state index contributed by atoms with van der Waals surface area (Å²) >= 11 is 0. The van der Waals surface area contributed by atoms with Crippen molar-refractivity contribution >= 4 is 17.7 Å². The van der Waals surface area contributed by atoms with Gasteiger partial charge in [0.1, 0.15) is 11.8 Å². The number of carboxylic acid groups (broad SMARTS) is 1. The van der Waals surface area contributed by atoms with E-state index in [0.717, 1.165) is 11.1 Å². The minimum absolute atomic E-state index is 0.0984. The topological polar surface area (TPSA) is 83.5 Å². The maximum absolute atomic E-state index is 12.0. The van der Waals surface area contributed by atoms with E-state index in [4.69, 9.17) is 5.11 Å². The summed E-state index contributed by atoms with van der Waals surface area (Å²) in [6.07, 6.45) is 0.227. The summed E-state index contributed by atoms with van der Waals surface area (Å²) in [5.74, 6) is -1.67. The summed E-state index contributed by atoms with van der Waals surface area (Å²) in [6.45, 7) is 5.13. The van der Waals surface area contributed by atoms with Crippen LogP contribution in [0.3, 0.4) is 0 Å². The zero-order valence-corrected chi connectivity index (χ0v) is 11.9. The molecule has 108 valence electrons. The molecule has 0 aliphatic rings. The first-order chi connectivity index (χ1) is 9.29. The Morgan fingerprint density at radius 2 is 1.70 bits per heavy atom. The normalized spacial score (nSPS) is 11.8. The number of hydrogen-bond acceptors (Lipinski definition) is 3. The third-order valence-electron chi connectivity index (χ3n) is 2.87. The molecule has 5 heteroatoms. The van der Waals surface area contributed by atoms with Crippen LogP contribution >= 0.6 is 0 Å². The van der Waals surface area contributed by atoms with Gasteiger partial charge in [-0.25, -0.2) is 4.79 Å². The second kappa shape index (κ2) is 6.84. The summed E-state index contributed by atoms with van der Waals surface area (Å²) in [7, 11) is 0. The molecular weight excluding hydrogens is 258 g/mol. The van der Waals surface area contributed by atoms with Gasteiger partial charge in [-0.2, -0.15) is 0 Å². The highest BCUT2D eigenvalue weighted by Gasteiger charge is 2.21. The van der Waals surface area contributed by atoms with Crippen LogP contribution in [0.5, 0.6) is 0 Å². The zero-order valence-electron chi connectivity index (χ0n) is 11.9. The molecule has 0 saturated carbocycles. The highest BCUT2D eigenvalue weighted by molar-refractivity contribution is 5.97. The highest BCUT2D eigenvalue weighted by atomic mass is 16.4. The Morgan fingerprint density at radius 3 is 2.15 bits per heavy atom. The van der Waals surface area contributed by atoms with Crippen LogP contribution in [0.4, 0.5) is 0 Å². The zero-order chi connectivity index (χ0) is 15.3. The molecule has 0 fully saturated rings. The molecule has 0 spiro atoms. The van der Waals surface area contributed by atoms with E-state index in [1.807, 2.05) is 19.9 Å². The fraction of sp³-hybridized carbons (Fsp3) is 0.400. The monoisotopic (exact) mass is 277 g/mol. The standard InChI is InChI=1S/C15H19NO4/c1-9-6-10(2)8-12(7-9)14(18)16-13(15(19)20)5-4-11(3)17/h6-8,13H,4-5H2,1-3H3,(H,16,18)(H,19,20)/t13-/m0/s1. The smallest absolute Gasteiger partial charge is 0.326 e. The average Bonchev–Trinajstić information content (AvgIpc) is 2.32. The number of nitrogens with one attached hydrogen (secondary N) is 1. The molecule has 0 unspecified atom stereocenters. The van der Waals surface area contributed by atoms with E-state index in [-0.39, 0.29) is 18.6 Å². The van der Waals surface area contributed by atoms with Gasteiger partial charge >= 0.3 is 5.97 Å². The third-order valence-corrected chi connectivity index (χ3v) is 2.87. The van der Waals surface area contributed by atoms with Crippen LogP contribution in [-0.4, -0.2) is 28.8 Å². The fourth-order valence-electron chi connectivity index (χ4n) is 1.95. The van der Waals surface area contributed by atoms with Crippen molar-refractivity contribution in [2.45, 2.75) is 39.7 Å². The molecule has 1 aromatic carbocycles. The summed E-state index contributed by atoms with van der Waals surface area (Å²) in [4.78, 5) is 34.0. The number of aliphatic carboxylic acids is 1. The van der Waals surface area contributed by atoms with Gasteiger partial charge in [0, 0.05) is 12.0 Å². The van der Waals surface area contributed by atoms with Gasteiger partial charge in [0.2, 0.25) is 0 Å². The van der Waals surface area contributed by atoms with Crippen molar-refractivity contribution in [1.82, 2.24) is 5.32 Å². The Bertz CT molecular complexity index is 516. The van der Waals surface area contributed by atoms with Gasteiger partial charge in [-0.3, -0.25) is 4.79 Å². The van der Waals surface area contributed by atoms with Gasteiger partial charge in [0.05, 0.1) is 0 Å². The lowest BCUT2D eigenvalue weighted by atomic mass is 10.1. The van der Waals surface area contributed by atoms with E-state index >= 15 is 0 Å². The SMILES string of the molecule is CC(=O)CC[C@H](NC(=O)c1cc(C)cc(C)c1)C(=O)O. The Kier molecular flexibility index (Phi) is 5.43. The molecule has 5 nitrogen and oxygen atoms in total. The predicted octanol–water partition coefficient (Wildman–Crippen LogP) is 1.86. The van der Waals surface area contributed by atoms with Gasteiger partial charge < -0.3 is 15.2 Å². The van der Waals surface area contributed by atoms with Crippen molar-refractivity contribution < 1.29 is 19.5 Å². The Balaban J connectivity index is 2.79. The van der Waals surface area contributed by atoms with E-state index in [9.17, 15) is 14.4 Å². The predicted molar refractivity (Wildman–Crippen MR) is 74.7 cm³/mol. The van der Waals surface area contributed by atoms with E-state index in [1.54, 1.807) is 12.1 Å². The summed E-state index contributed by atoms with van der Waals surface area (Å²) in [5, 5.41) is 11.5. The lowest BCUT2D eigenvalue weighted by Gasteiger charge is -2.14. The summed E-state index contributed by atoms with van der Waals surface area (Å²) < 4.78 is 0. The first kappa shape index (κ1) is 15.9. The molecule has 0 aromatic heterocycles. The van der Waals surface area contributed by atoms with Gasteiger partial charge in [0.25, 0.3) is 5.91 Å². The van der Waals surface area contributed by atoms with Crippen molar-refractivity contribution in [3.63, 3.8) is 0 Å². The Labute approximate surface area is 118 Å². The van der Waals surface area contributed by atoms with E-state index in [1.165, 1.54) is 6.92 Å². The van der Waals surface area contributed by atoms with Crippen molar-refractivity contribution in [3.05, 3.63) is 34.9 Å². The summed E-state index contributed by atoms with van der Waals surface area (Å²) in [6, 6.07) is 4.28. The van der Waals surface area contributed by atoms with Crippen LogP contribution in [0.25, 0.3) is 0 Å². The van der Waals surface area contributed by atoms with E-state index < -0.39 is 17.9 Å². The molecule has 0 radical (unpaired) electrons. The van der Waals surface area contributed by atoms with Crippen LogP contribution in [0.15, 0.2) is 18.2 Å². The molecule has 1 aromatic rings. The first-order valence-corrected chi connectivity index (χ1v) is 6.41. The number of benzene rings is 1. The van der Waals surface area contributed by atoms with Gasteiger partial charge in [-0.1, -0.05) is 17.2 Å². The van der Waals surface area contributed by atoms with Crippen LogP contribution in [0.2, 0.25) is 0 Å². The molecule has 0 aliphatic heterocycles. The van der Waals surface area contributed by atoms with Crippen molar-refractivity contribution in [3.8, 4) is 0 Å². The van der Waals surface area contributed by atoms with E-state index in [2.05, 4.69) is 5.32 Å². The number of carboxylic acids is 1. The Morgan fingerprint density at radius 1 is 1.15 bits per heavy atom. The lowest BCUT2D eigenvalue weighted by molar-refractivity contribution is -0.139. The third kappa shape index (κ3) is 4.84. The van der Waals surface area contributed by atoms with Crippen molar-refractivity contribution in [2.75, 3.05) is 0 Å². The number of rotatable bonds is 6. The molecule has 0 aliphatic carbocycles. The molecule has 1 atom stereocenters. The molecule has 1 amide bonds. The lowest BCUT2D eigenvalue weighted by Crippen LogP contribution is -2.41. The number of hydrogen-bond donors (Lipinski definition) is 2. The van der Waals surface area contributed by atoms with Gasteiger partial charge in [0.15, 0.2) is 0 Å². The van der Waals surface area contributed by atoms with Crippen LogP contribution in [0, 0.1) is 13.8 Å². The minimum Gasteiger partial charge on any atom is -0.480 e. The highest BCUT2D eigenvalue weighted by Crippen LogP contribution is 2.09. The minimum atomic E-state index is -1.14. The van der Waals surface area contributed by atoms with Crippen LogP contribution in [-0.2, 0) is 9.59 Å². The van der Waals surface area contributed by atoms with Crippen LogP contribution in [0.1, 0.15) is 41.3 Å². The van der Waals surface area contributed by atoms with Crippen LogP contribution < -0.4 is 5.32 Å². The first-order valence-electron chi connectivity index (χ1n) is 6.41. The second-order valence-corrected chi connectivity index (χ2v) is 4.98. The molecular formula is C15H19NO4. The average molecular weight is 277 g/mol. The number of amides is 1. The van der Waals surface area contributed by atoms with E-state index in [0.29, 0.717) is 5.56 Å². The molecule has 0 saturated heterocycles. The molecule has 2 N–H and O–H groups in total. The largest absolute Gasteiger partial charge is 0.480 e. The summed E-state index contributed by atoms with van der Waals surface area (Å²) in [5.41, 5.74) is 2.30. The number of aryl methyl sites for hydroxylation is 2. The Hall–Kier alpha value is -2.17. The number of ketones is 1. The van der Waals surface area contributed by atoms with Crippen molar-refractivity contribution in [1.29, 1.82) is 0 Å². The molecule has 0 heterocycles. The fourth-order valence-corrected chi connectivity index (χ4v) is 1.95. The molecule has 0 bridgehead atoms. The van der Waals surface area contributed by atoms with Gasteiger partial charge in [-0.05, 0) is 39.3 Å². The molecule has 1 rings (SSSR count).